The summed E-state index contributed by atoms with van der Waals surface area (Å²) < 4.78 is 5.36. The van der Waals surface area contributed by atoms with Gasteiger partial charge in [-0.15, -0.1) is 0 Å². The van der Waals surface area contributed by atoms with E-state index >= 15 is 0 Å². The lowest BCUT2D eigenvalue weighted by Gasteiger charge is -2.26. The first-order valence-electron chi connectivity index (χ1n) is 6.45. The van der Waals surface area contributed by atoms with E-state index in [1.165, 1.54) is 11.1 Å². The van der Waals surface area contributed by atoms with Gasteiger partial charge >= 0.3 is 0 Å². The number of hydrogen-bond donors (Lipinski definition) is 1. The number of morpholine rings is 1. The maximum atomic E-state index is 6.24. The molecule has 1 saturated carbocycles. The number of hydrogen-bond acceptors (Lipinski definition) is 3. The Bertz CT molecular complexity index is 395. The first-order valence-corrected chi connectivity index (χ1v) is 6.45. The Balaban J connectivity index is 1.70. The molecule has 0 amide bonds. The van der Waals surface area contributed by atoms with Crippen LogP contribution in [0.4, 0.5) is 0 Å². The molecule has 1 aliphatic carbocycles. The van der Waals surface area contributed by atoms with Crippen LogP contribution < -0.4 is 5.73 Å². The highest BCUT2D eigenvalue weighted by molar-refractivity contribution is 5.33. The highest BCUT2D eigenvalue weighted by Gasteiger charge is 2.39. The molecule has 92 valence electrons. The zero-order valence-corrected chi connectivity index (χ0v) is 10.2. The third kappa shape index (κ3) is 2.51. The van der Waals surface area contributed by atoms with Crippen LogP contribution in [0.1, 0.15) is 24.0 Å². The number of nitrogens with zero attached hydrogens (tertiary/aromatic N) is 1. The summed E-state index contributed by atoms with van der Waals surface area (Å²) >= 11 is 0. The van der Waals surface area contributed by atoms with Crippen LogP contribution in [0, 0.1) is 0 Å². The van der Waals surface area contributed by atoms with Crippen LogP contribution in [0.25, 0.3) is 0 Å². The van der Waals surface area contributed by atoms with Gasteiger partial charge in [0.05, 0.1) is 13.2 Å². The molecule has 1 heterocycles. The number of benzene rings is 1. The van der Waals surface area contributed by atoms with E-state index < -0.39 is 0 Å². The Morgan fingerprint density at radius 2 is 2.00 bits per heavy atom. The second-order valence-corrected chi connectivity index (χ2v) is 5.25. The van der Waals surface area contributed by atoms with Crippen molar-refractivity contribution in [2.75, 3.05) is 26.3 Å². The highest BCUT2D eigenvalue weighted by Crippen LogP contribution is 2.42. The lowest BCUT2D eigenvalue weighted by atomic mass is 10.0. The lowest BCUT2D eigenvalue weighted by Crippen LogP contribution is -2.35. The van der Waals surface area contributed by atoms with E-state index in [-0.39, 0.29) is 5.54 Å². The van der Waals surface area contributed by atoms with Gasteiger partial charge in [-0.3, -0.25) is 4.90 Å². The Labute approximate surface area is 103 Å². The molecule has 1 aliphatic heterocycles. The van der Waals surface area contributed by atoms with Crippen molar-refractivity contribution in [1.29, 1.82) is 0 Å². The van der Waals surface area contributed by atoms with Crippen LogP contribution in [0.15, 0.2) is 24.3 Å². The Morgan fingerprint density at radius 1 is 1.24 bits per heavy atom. The van der Waals surface area contributed by atoms with Crippen molar-refractivity contribution in [3.8, 4) is 0 Å². The number of nitrogens with two attached hydrogens (primary N) is 1. The monoisotopic (exact) mass is 232 g/mol. The van der Waals surface area contributed by atoms with E-state index in [1.807, 2.05) is 0 Å². The fraction of sp³-hybridized carbons (Fsp3) is 0.571. The summed E-state index contributed by atoms with van der Waals surface area (Å²) in [5, 5.41) is 0. The van der Waals surface area contributed by atoms with Crippen LogP contribution in [0.5, 0.6) is 0 Å². The van der Waals surface area contributed by atoms with Gasteiger partial charge in [0.2, 0.25) is 0 Å². The predicted molar refractivity (Wildman–Crippen MR) is 67.6 cm³/mol. The molecule has 3 heteroatoms. The van der Waals surface area contributed by atoms with Crippen molar-refractivity contribution in [1.82, 2.24) is 4.90 Å². The first kappa shape index (κ1) is 11.2. The molecule has 2 fully saturated rings. The van der Waals surface area contributed by atoms with Gasteiger partial charge in [-0.1, -0.05) is 24.3 Å². The summed E-state index contributed by atoms with van der Waals surface area (Å²) in [7, 11) is 0. The minimum absolute atomic E-state index is 0.0129. The molecule has 0 radical (unpaired) electrons. The second-order valence-electron chi connectivity index (χ2n) is 5.25. The molecule has 0 spiro atoms. The largest absolute Gasteiger partial charge is 0.379 e. The van der Waals surface area contributed by atoms with E-state index in [0.717, 1.165) is 45.7 Å². The molecule has 17 heavy (non-hydrogen) atoms. The quantitative estimate of drug-likeness (QED) is 0.857. The van der Waals surface area contributed by atoms with Gasteiger partial charge in [-0.05, 0) is 24.0 Å². The molecule has 0 bridgehead atoms. The topological polar surface area (TPSA) is 38.5 Å². The lowest BCUT2D eigenvalue weighted by molar-refractivity contribution is 0.0342. The third-order valence-electron chi connectivity index (χ3n) is 3.80. The van der Waals surface area contributed by atoms with Gasteiger partial charge in [0.15, 0.2) is 0 Å². The summed E-state index contributed by atoms with van der Waals surface area (Å²) in [5.74, 6) is 0. The molecule has 0 unspecified atom stereocenters. The third-order valence-corrected chi connectivity index (χ3v) is 3.80. The molecular formula is C14H20N2O. The van der Waals surface area contributed by atoms with Gasteiger partial charge in [0.1, 0.15) is 0 Å². The molecule has 1 aromatic rings. The SMILES string of the molecule is NC1(c2cccc(CN3CCOCC3)c2)CC1. The molecule has 1 aromatic carbocycles. The second kappa shape index (κ2) is 4.41. The standard InChI is InChI=1S/C14H20N2O/c15-14(4-5-14)13-3-1-2-12(10-13)11-16-6-8-17-9-7-16/h1-3,10H,4-9,11,15H2. The molecule has 2 N–H and O–H groups in total. The van der Waals surface area contributed by atoms with E-state index in [0.29, 0.717) is 0 Å². The van der Waals surface area contributed by atoms with Crippen molar-refractivity contribution in [2.45, 2.75) is 24.9 Å². The van der Waals surface area contributed by atoms with Gasteiger partial charge in [-0.2, -0.15) is 0 Å². The Hall–Kier alpha value is -0.900. The van der Waals surface area contributed by atoms with Gasteiger partial charge in [-0.25, -0.2) is 0 Å². The van der Waals surface area contributed by atoms with Crippen molar-refractivity contribution < 1.29 is 4.74 Å². The molecule has 0 atom stereocenters. The minimum atomic E-state index is -0.0129. The minimum Gasteiger partial charge on any atom is -0.379 e. The van der Waals surface area contributed by atoms with Crippen molar-refractivity contribution in [3.63, 3.8) is 0 Å². The Kier molecular flexibility index (Phi) is 2.90. The number of ether oxygens (including phenoxy) is 1. The van der Waals surface area contributed by atoms with E-state index in [1.54, 1.807) is 0 Å². The van der Waals surface area contributed by atoms with Gasteiger partial charge in [0.25, 0.3) is 0 Å². The molecule has 3 rings (SSSR count). The van der Waals surface area contributed by atoms with E-state index in [2.05, 4.69) is 29.2 Å². The van der Waals surface area contributed by atoms with Crippen LogP contribution in [0.2, 0.25) is 0 Å². The molecule has 2 aliphatic rings. The fourth-order valence-electron chi connectivity index (χ4n) is 2.42. The number of rotatable bonds is 3. The molecular weight excluding hydrogens is 212 g/mol. The van der Waals surface area contributed by atoms with E-state index in [4.69, 9.17) is 10.5 Å². The molecule has 3 nitrogen and oxygen atoms in total. The van der Waals surface area contributed by atoms with E-state index in [9.17, 15) is 0 Å². The highest BCUT2D eigenvalue weighted by atomic mass is 16.5. The van der Waals surface area contributed by atoms with Crippen molar-refractivity contribution in [2.24, 2.45) is 5.73 Å². The van der Waals surface area contributed by atoms with Gasteiger partial charge < -0.3 is 10.5 Å². The summed E-state index contributed by atoms with van der Waals surface area (Å²) in [4.78, 5) is 2.44. The summed E-state index contributed by atoms with van der Waals surface area (Å²) in [6, 6.07) is 8.78. The Morgan fingerprint density at radius 3 is 2.71 bits per heavy atom. The average Bonchev–Trinajstić information content (AvgIpc) is 3.11. The zero-order chi connectivity index (χ0) is 11.7. The van der Waals surface area contributed by atoms with Crippen LogP contribution in [-0.2, 0) is 16.8 Å². The van der Waals surface area contributed by atoms with Crippen LogP contribution >= 0.6 is 0 Å². The van der Waals surface area contributed by atoms with Crippen LogP contribution in [-0.4, -0.2) is 31.2 Å². The first-order chi connectivity index (χ1) is 8.26. The summed E-state index contributed by atoms with van der Waals surface area (Å²) in [6.45, 7) is 4.82. The maximum Gasteiger partial charge on any atom is 0.0594 e. The summed E-state index contributed by atoms with van der Waals surface area (Å²) in [6.07, 6.45) is 2.27. The molecule has 1 saturated heterocycles. The maximum absolute atomic E-state index is 6.24. The summed E-state index contributed by atoms with van der Waals surface area (Å²) in [5.41, 5.74) is 8.91. The van der Waals surface area contributed by atoms with Gasteiger partial charge in [0, 0.05) is 25.2 Å². The molecule has 0 aromatic heterocycles. The normalized spacial score (nSPS) is 23.6. The fourth-order valence-corrected chi connectivity index (χ4v) is 2.42. The van der Waals surface area contributed by atoms with Crippen molar-refractivity contribution >= 4 is 0 Å². The predicted octanol–water partition coefficient (Wildman–Crippen LogP) is 1.47. The van der Waals surface area contributed by atoms with Crippen LogP contribution in [0.3, 0.4) is 0 Å². The average molecular weight is 232 g/mol. The smallest absolute Gasteiger partial charge is 0.0594 e. The van der Waals surface area contributed by atoms with Crippen molar-refractivity contribution in [3.05, 3.63) is 35.4 Å². The zero-order valence-electron chi connectivity index (χ0n) is 10.2.